The molecule has 0 bridgehead atoms. The van der Waals surface area contributed by atoms with Crippen molar-refractivity contribution in [2.45, 2.75) is 19.4 Å². The molecule has 15 heavy (non-hydrogen) atoms. The summed E-state index contributed by atoms with van der Waals surface area (Å²) in [4.78, 5) is 13.1. The normalized spacial score (nSPS) is 25.6. The lowest BCUT2D eigenvalue weighted by atomic mass is 10.0. The van der Waals surface area contributed by atoms with Crippen molar-refractivity contribution in [1.29, 1.82) is 0 Å². The molecule has 1 aromatic carbocycles. The van der Waals surface area contributed by atoms with E-state index < -0.39 is 0 Å². The molecule has 2 atom stereocenters. The van der Waals surface area contributed by atoms with Crippen molar-refractivity contribution >= 4 is 27.9 Å². The Kier molecular flexibility index (Phi) is 3.10. The van der Waals surface area contributed by atoms with Gasteiger partial charge in [0, 0.05) is 28.7 Å². The molecule has 1 unspecified atom stereocenters. The van der Waals surface area contributed by atoms with E-state index in [0.29, 0.717) is 6.04 Å². The average Bonchev–Trinajstić information content (AvgIpc) is 2.61. The van der Waals surface area contributed by atoms with Crippen molar-refractivity contribution in [3.8, 4) is 0 Å². The van der Waals surface area contributed by atoms with Gasteiger partial charge in [0.1, 0.15) is 6.29 Å². The van der Waals surface area contributed by atoms with Crippen LogP contribution in [0.4, 0.5) is 5.69 Å². The molecule has 1 aliphatic rings. The van der Waals surface area contributed by atoms with Crippen LogP contribution >= 0.6 is 15.9 Å². The molecule has 1 aliphatic heterocycles. The Morgan fingerprint density at radius 3 is 2.60 bits per heavy atom. The van der Waals surface area contributed by atoms with Gasteiger partial charge < -0.3 is 9.69 Å². The van der Waals surface area contributed by atoms with Gasteiger partial charge in [-0.2, -0.15) is 0 Å². The van der Waals surface area contributed by atoms with Crippen LogP contribution in [0.1, 0.15) is 13.3 Å². The van der Waals surface area contributed by atoms with Crippen LogP contribution in [0.2, 0.25) is 0 Å². The van der Waals surface area contributed by atoms with Crippen LogP contribution in [0, 0.1) is 5.92 Å². The smallest absolute Gasteiger partial charge is 0.125 e. The van der Waals surface area contributed by atoms with E-state index in [0.717, 1.165) is 23.7 Å². The summed E-state index contributed by atoms with van der Waals surface area (Å²) in [5, 5.41) is 0. The number of aldehydes is 1. The number of carbonyl (C=O) groups is 1. The summed E-state index contributed by atoms with van der Waals surface area (Å²) in [6, 6.07) is 8.58. The van der Waals surface area contributed by atoms with Gasteiger partial charge in [0.05, 0.1) is 0 Å². The molecule has 0 amide bonds. The zero-order chi connectivity index (χ0) is 10.8. The summed E-state index contributed by atoms with van der Waals surface area (Å²) < 4.78 is 1.09. The van der Waals surface area contributed by atoms with Gasteiger partial charge in [-0.3, -0.25) is 0 Å². The van der Waals surface area contributed by atoms with E-state index in [1.165, 1.54) is 5.69 Å². The number of carbonyl (C=O) groups excluding carboxylic acids is 1. The molecule has 0 N–H and O–H groups in total. The van der Waals surface area contributed by atoms with Gasteiger partial charge in [-0.05, 0) is 37.6 Å². The molecule has 1 heterocycles. The minimum atomic E-state index is 0.189. The predicted molar refractivity (Wildman–Crippen MR) is 65.1 cm³/mol. The lowest BCUT2D eigenvalue weighted by Gasteiger charge is -2.25. The first kappa shape index (κ1) is 10.7. The Balaban J connectivity index is 2.18. The van der Waals surface area contributed by atoms with Crippen LogP contribution in [0.3, 0.4) is 0 Å². The van der Waals surface area contributed by atoms with Gasteiger partial charge in [-0.15, -0.1) is 0 Å². The van der Waals surface area contributed by atoms with Crippen LogP contribution in [-0.2, 0) is 4.79 Å². The Morgan fingerprint density at radius 1 is 1.40 bits per heavy atom. The van der Waals surface area contributed by atoms with E-state index in [9.17, 15) is 4.79 Å². The molecular formula is C12H14BrNO. The first-order valence-corrected chi connectivity index (χ1v) is 5.99. The first-order chi connectivity index (χ1) is 7.22. The van der Waals surface area contributed by atoms with Gasteiger partial charge in [0.2, 0.25) is 0 Å². The minimum absolute atomic E-state index is 0.189. The van der Waals surface area contributed by atoms with E-state index >= 15 is 0 Å². The number of halogens is 1. The lowest BCUT2D eigenvalue weighted by Crippen LogP contribution is -2.30. The van der Waals surface area contributed by atoms with E-state index in [2.05, 4.69) is 39.9 Å². The Hall–Kier alpha value is -0.830. The quantitative estimate of drug-likeness (QED) is 0.769. The van der Waals surface area contributed by atoms with E-state index in [4.69, 9.17) is 0 Å². The highest BCUT2D eigenvalue weighted by atomic mass is 79.9. The molecule has 3 heteroatoms. The highest BCUT2D eigenvalue weighted by Crippen LogP contribution is 2.29. The second-order valence-electron chi connectivity index (χ2n) is 4.00. The largest absolute Gasteiger partial charge is 0.368 e. The minimum Gasteiger partial charge on any atom is -0.368 e. The maximum Gasteiger partial charge on any atom is 0.125 e. The van der Waals surface area contributed by atoms with Crippen molar-refractivity contribution in [2.24, 2.45) is 5.92 Å². The zero-order valence-electron chi connectivity index (χ0n) is 8.69. The standard InChI is InChI=1S/C12H14BrNO/c1-9-10(8-15)6-7-14(9)12-4-2-11(13)3-5-12/h2-5,8-10H,6-7H2,1H3/t9-,10?/m0/s1. The number of nitrogens with zero attached hydrogens (tertiary/aromatic N) is 1. The van der Waals surface area contributed by atoms with Gasteiger partial charge in [0.15, 0.2) is 0 Å². The van der Waals surface area contributed by atoms with Crippen LogP contribution in [0.25, 0.3) is 0 Å². The predicted octanol–water partition coefficient (Wildman–Crippen LogP) is 2.86. The molecule has 1 saturated heterocycles. The first-order valence-electron chi connectivity index (χ1n) is 5.20. The summed E-state index contributed by atoms with van der Waals surface area (Å²) >= 11 is 3.42. The van der Waals surface area contributed by atoms with Crippen molar-refractivity contribution in [1.82, 2.24) is 0 Å². The molecule has 1 aromatic rings. The number of rotatable bonds is 2. The third-order valence-corrected chi connectivity index (χ3v) is 3.68. The van der Waals surface area contributed by atoms with Crippen molar-refractivity contribution in [3.63, 3.8) is 0 Å². The number of anilines is 1. The SMILES string of the molecule is C[C@H]1C(C=O)CCN1c1ccc(Br)cc1. The summed E-state index contributed by atoms with van der Waals surface area (Å²) in [6.45, 7) is 3.10. The molecule has 2 nitrogen and oxygen atoms in total. The Labute approximate surface area is 98.4 Å². The Morgan fingerprint density at radius 2 is 2.07 bits per heavy atom. The van der Waals surface area contributed by atoms with Gasteiger partial charge in [-0.25, -0.2) is 0 Å². The summed E-state index contributed by atoms with van der Waals surface area (Å²) in [7, 11) is 0. The molecule has 0 aliphatic carbocycles. The number of hydrogen-bond donors (Lipinski definition) is 0. The molecule has 0 spiro atoms. The van der Waals surface area contributed by atoms with Gasteiger partial charge in [-0.1, -0.05) is 15.9 Å². The highest BCUT2D eigenvalue weighted by Gasteiger charge is 2.30. The third-order valence-electron chi connectivity index (χ3n) is 3.15. The summed E-state index contributed by atoms with van der Waals surface area (Å²) in [5.74, 6) is 0.189. The van der Waals surface area contributed by atoms with Gasteiger partial charge >= 0.3 is 0 Å². The molecule has 0 aromatic heterocycles. The molecule has 2 rings (SSSR count). The number of hydrogen-bond acceptors (Lipinski definition) is 2. The average molecular weight is 268 g/mol. The third kappa shape index (κ3) is 2.07. The molecular weight excluding hydrogens is 254 g/mol. The second-order valence-corrected chi connectivity index (χ2v) is 4.91. The fraction of sp³-hybridized carbons (Fsp3) is 0.417. The van der Waals surface area contributed by atoms with Crippen molar-refractivity contribution in [3.05, 3.63) is 28.7 Å². The van der Waals surface area contributed by atoms with Crippen LogP contribution < -0.4 is 4.90 Å². The van der Waals surface area contributed by atoms with Crippen LogP contribution in [0.5, 0.6) is 0 Å². The molecule has 0 saturated carbocycles. The lowest BCUT2D eigenvalue weighted by molar-refractivity contribution is -0.111. The zero-order valence-corrected chi connectivity index (χ0v) is 10.3. The second kappa shape index (κ2) is 4.35. The van der Waals surface area contributed by atoms with Crippen LogP contribution in [-0.4, -0.2) is 18.9 Å². The van der Waals surface area contributed by atoms with Gasteiger partial charge in [0.25, 0.3) is 0 Å². The molecule has 80 valence electrons. The van der Waals surface area contributed by atoms with E-state index in [-0.39, 0.29) is 5.92 Å². The number of benzene rings is 1. The fourth-order valence-corrected chi connectivity index (χ4v) is 2.41. The Bertz CT molecular complexity index is 349. The maximum atomic E-state index is 10.8. The monoisotopic (exact) mass is 267 g/mol. The fourth-order valence-electron chi connectivity index (χ4n) is 2.14. The summed E-state index contributed by atoms with van der Waals surface area (Å²) in [5.41, 5.74) is 1.20. The van der Waals surface area contributed by atoms with Crippen molar-refractivity contribution in [2.75, 3.05) is 11.4 Å². The molecule has 0 radical (unpaired) electrons. The summed E-state index contributed by atoms with van der Waals surface area (Å²) in [6.07, 6.45) is 2.06. The topological polar surface area (TPSA) is 20.3 Å². The van der Waals surface area contributed by atoms with Crippen LogP contribution in [0.15, 0.2) is 28.7 Å². The highest BCUT2D eigenvalue weighted by molar-refractivity contribution is 9.10. The maximum absolute atomic E-state index is 10.8. The van der Waals surface area contributed by atoms with Crippen molar-refractivity contribution < 1.29 is 4.79 Å². The van der Waals surface area contributed by atoms with E-state index in [1.807, 2.05) is 12.1 Å². The van der Waals surface area contributed by atoms with E-state index in [1.54, 1.807) is 0 Å². The molecule has 1 fully saturated rings.